The second-order valence-electron chi connectivity index (χ2n) is 4.87. The van der Waals surface area contributed by atoms with Gasteiger partial charge in [0.1, 0.15) is 0 Å². The van der Waals surface area contributed by atoms with E-state index >= 15 is 0 Å². The summed E-state index contributed by atoms with van der Waals surface area (Å²) in [5.41, 5.74) is 2.30. The van der Waals surface area contributed by atoms with Crippen molar-refractivity contribution in [3.05, 3.63) is 41.6 Å². The van der Waals surface area contributed by atoms with Gasteiger partial charge >= 0.3 is 0 Å². The van der Waals surface area contributed by atoms with Gasteiger partial charge in [0.05, 0.1) is 5.75 Å². The van der Waals surface area contributed by atoms with Crippen LogP contribution in [-0.2, 0) is 12.3 Å². The van der Waals surface area contributed by atoms with Crippen molar-refractivity contribution in [2.75, 3.05) is 0 Å². The van der Waals surface area contributed by atoms with Crippen LogP contribution in [0.1, 0.15) is 24.3 Å². The van der Waals surface area contributed by atoms with E-state index in [1.165, 1.54) is 5.56 Å². The number of hydrogen-bond acceptors (Lipinski definition) is 6. The maximum Gasteiger partial charge on any atom is 0.226 e. The predicted molar refractivity (Wildman–Crippen MR) is 84.5 cm³/mol. The van der Waals surface area contributed by atoms with E-state index < -0.39 is 0 Å². The molecule has 0 saturated heterocycles. The lowest BCUT2D eigenvalue weighted by atomic mass is 10.1. The van der Waals surface area contributed by atoms with Gasteiger partial charge in [-0.05, 0) is 19.4 Å². The highest BCUT2D eigenvalue weighted by Gasteiger charge is 2.15. The first-order chi connectivity index (χ1) is 10.7. The summed E-state index contributed by atoms with van der Waals surface area (Å²) in [7, 11) is 0. The Morgan fingerprint density at radius 2 is 1.91 bits per heavy atom. The van der Waals surface area contributed by atoms with Crippen LogP contribution in [-0.4, -0.2) is 25.0 Å². The Balaban J connectivity index is 1.86. The first-order valence-electron chi connectivity index (χ1n) is 7.10. The summed E-state index contributed by atoms with van der Waals surface area (Å²) >= 11 is 1.55. The van der Waals surface area contributed by atoms with Crippen LogP contribution >= 0.6 is 11.8 Å². The molecule has 2 aromatic heterocycles. The van der Waals surface area contributed by atoms with E-state index in [0.29, 0.717) is 17.5 Å². The maximum absolute atomic E-state index is 5.39. The first-order valence-corrected chi connectivity index (χ1v) is 8.08. The number of hydrogen-bond donors (Lipinski definition) is 0. The highest BCUT2D eigenvalue weighted by atomic mass is 32.2. The average molecular weight is 315 g/mol. The Hall–Kier alpha value is -2.15. The topological polar surface area (TPSA) is 69.6 Å². The Bertz CT molecular complexity index is 780. The van der Waals surface area contributed by atoms with Gasteiger partial charge in [-0.1, -0.05) is 36.0 Å². The molecule has 0 saturated carbocycles. The second-order valence-corrected chi connectivity index (χ2v) is 5.81. The Morgan fingerprint density at radius 3 is 2.59 bits per heavy atom. The molecule has 0 bridgehead atoms. The van der Waals surface area contributed by atoms with Crippen LogP contribution in [0.15, 0.2) is 33.8 Å². The van der Waals surface area contributed by atoms with Crippen molar-refractivity contribution in [3.63, 3.8) is 0 Å². The van der Waals surface area contributed by atoms with Crippen molar-refractivity contribution in [2.45, 2.75) is 38.2 Å². The summed E-state index contributed by atoms with van der Waals surface area (Å²) in [4.78, 5) is 0. The van der Waals surface area contributed by atoms with Gasteiger partial charge in [-0.25, -0.2) is 0 Å². The number of aryl methyl sites for hydroxylation is 2. The van der Waals surface area contributed by atoms with Gasteiger partial charge in [0.2, 0.25) is 11.8 Å². The zero-order valence-electron chi connectivity index (χ0n) is 12.8. The predicted octanol–water partition coefficient (Wildman–Crippen LogP) is 3.26. The van der Waals surface area contributed by atoms with Crippen LogP contribution in [0, 0.1) is 13.8 Å². The fourth-order valence-electron chi connectivity index (χ4n) is 2.23. The largest absolute Gasteiger partial charge is 0.425 e. The summed E-state index contributed by atoms with van der Waals surface area (Å²) in [5.74, 6) is 2.66. The molecule has 0 unspecified atom stereocenters. The summed E-state index contributed by atoms with van der Waals surface area (Å²) in [5, 5.41) is 17.4. The molecule has 0 atom stereocenters. The van der Waals surface area contributed by atoms with Crippen LogP contribution in [0.4, 0.5) is 0 Å². The van der Waals surface area contributed by atoms with Crippen molar-refractivity contribution in [1.29, 1.82) is 0 Å². The van der Waals surface area contributed by atoms with Crippen LogP contribution in [0.2, 0.25) is 0 Å². The lowest BCUT2D eigenvalue weighted by Crippen LogP contribution is -2.00. The molecule has 0 aliphatic rings. The van der Waals surface area contributed by atoms with Gasteiger partial charge < -0.3 is 8.98 Å². The fourth-order valence-corrected chi connectivity index (χ4v) is 3.06. The van der Waals surface area contributed by atoms with Crippen molar-refractivity contribution in [3.8, 4) is 11.4 Å². The standard InChI is InChI=1S/C15H17N5OS/c1-4-20-14(12-8-6-5-7-10(12)2)18-19-15(20)22-9-13-17-16-11(3)21-13/h5-8H,4,9H2,1-3H3. The minimum absolute atomic E-state index is 0.577. The minimum Gasteiger partial charge on any atom is -0.425 e. The molecule has 0 spiro atoms. The summed E-state index contributed by atoms with van der Waals surface area (Å²) < 4.78 is 7.50. The fraction of sp³-hybridized carbons (Fsp3) is 0.333. The normalized spacial score (nSPS) is 11.0. The number of aromatic nitrogens is 5. The van der Waals surface area contributed by atoms with Gasteiger partial charge in [0.25, 0.3) is 0 Å². The highest BCUT2D eigenvalue weighted by molar-refractivity contribution is 7.98. The van der Waals surface area contributed by atoms with Gasteiger partial charge in [-0.3, -0.25) is 0 Å². The van der Waals surface area contributed by atoms with E-state index in [9.17, 15) is 0 Å². The number of nitrogens with zero attached hydrogens (tertiary/aromatic N) is 5. The number of rotatable bonds is 5. The molecule has 1 aromatic carbocycles. The minimum atomic E-state index is 0.577. The second kappa shape index (κ2) is 6.31. The third-order valence-electron chi connectivity index (χ3n) is 3.31. The van der Waals surface area contributed by atoms with Crippen molar-refractivity contribution < 1.29 is 4.42 Å². The molecule has 114 valence electrons. The van der Waals surface area contributed by atoms with Gasteiger partial charge in [0.15, 0.2) is 11.0 Å². The summed E-state index contributed by atoms with van der Waals surface area (Å²) in [6, 6.07) is 8.20. The molecule has 0 fully saturated rings. The molecule has 0 radical (unpaired) electrons. The molecule has 2 heterocycles. The van der Waals surface area contributed by atoms with E-state index in [1.54, 1.807) is 18.7 Å². The molecule has 3 aromatic rings. The molecule has 3 rings (SSSR count). The lowest BCUT2D eigenvalue weighted by molar-refractivity contribution is 0.485. The highest BCUT2D eigenvalue weighted by Crippen LogP contribution is 2.27. The van der Waals surface area contributed by atoms with Crippen molar-refractivity contribution in [2.24, 2.45) is 0 Å². The average Bonchev–Trinajstić information content (AvgIpc) is 3.11. The van der Waals surface area contributed by atoms with E-state index in [4.69, 9.17) is 4.42 Å². The van der Waals surface area contributed by atoms with Crippen LogP contribution in [0.5, 0.6) is 0 Å². The summed E-state index contributed by atoms with van der Waals surface area (Å²) in [6.45, 7) is 6.76. The van der Waals surface area contributed by atoms with Crippen LogP contribution in [0.25, 0.3) is 11.4 Å². The van der Waals surface area contributed by atoms with E-state index in [1.807, 2.05) is 12.1 Å². The zero-order chi connectivity index (χ0) is 15.5. The molecule has 0 N–H and O–H groups in total. The van der Waals surface area contributed by atoms with E-state index in [2.05, 4.69) is 50.9 Å². The van der Waals surface area contributed by atoms with Crippen molar-refractivity contribution in [1.82, 2.24) is 25.0 Å². The SMILES string of the molecule is CCn1c(SCc2nnc(C)o2)nnc1-c1ccccc1C. The first kappa shape index (κ1) is 14.8. The maximum atomic E-state index is 5.39. The molecule has 0 aliphatic carbocycles. The Morgan fingerprint density at radius 1 is 1.09 bits per heavy atom. The van der Waals surface area contributed by atoms with Gasteiger partial charge in [-0.2, -0.15) is 0 Å². The quantitative estimate of drug-likeness (QED) is 0.673. The molecular formula is C15H17N5OS. The molecule has 0 amide bonds. The third-order valence-corrected chi connectivity index (χ3v) is 4.26. The van der Waals surface area contributed by atoms with Crippen molar-refractivity contribution >= 4 is 11.8 Å². The Kier molecular flexibility index (Phi) is 4.24. The zero-order valence-corrected chi connectivity index (χ0v) is 13.6. The Labute approximate surface area is 133 Å². The molecular weight excluding hydrogens is 298 g/mol. The number of benzene rings is 1. The monoisotopic (exact) mass is 315 g/mol. The van der Waals surface area contributed by atoms with Gasteiger partial charge in [-0.15, -0.1) is 20.4 Å². The van der Waals surface area contributed by atoms with Crippen LogP contribution in [0.3, 0.4) is 0 Å². The molecule has 22 heavy (non-hydrogen) atoms. The molecule has 7 heteroatoms. The summed E-state index contributed by atoms with van der Waals surface area (Å²) in [6.07, 6.45) is 0. The molecule has 6 nitrogen and oxygen atoms in total. The lowest BCUT2D eigenvalue weighted by Gasteiger charge is -2.08. The van der Waals surface area contributed by atoms with Gasteiger partial charge in [0, 0.05) is 19.0 Å². The van der Waals surface area contributed by atoms with Crippen LogP contribution < -0.4 is 0 Å². The molecule has 0 aliphatic heterocycles. The third kappa shape index (κ3) is 2.89. The smallest absolute Gasteiger partial charge is 0.226 e. The van der Waals surface area contributed by atoms with E-state index in [0.717, 1.165) is 23.1 Å². The van der Waals surface area contributed by atoms with E-state index in [-0.39, 0.29) is 0 Å². The number of thioether (sulfide) groups is 1.